The number of carbonyl (C=O) groups excluding carboxylic acids is 1. The lowest BCUT2D eigenvalue weighted by Crippen LogP contribution is -2.53. The fraction of sp³-hybridized carbons (Fsp3) is 0.923. The minimum atomic E-state index is -0.704. The van der Waals surface area contributed by atoms with E-state index in [-0.39, 0.29) is 5.91 Å². The topological polar surface area (TPSA) is 55.1 Å². The molecular formula is C13H26N2OS. The van der Waals surface area contributed by atoms with Crippen molar-refractivity contribution in [2.45, 2.75) is 69.7 Å². The summed E-state index contributed by atoms with van der Waals surface area (Å²) in [6.07, 6.45) is 5.12. The molecule has 3 atom stereocenters. The third kappa shape index (κ3) is 4.51. The Morgan fingerprint density at radius 3 is 2.76 bits per heavy atom. The fourth-order valence-electron chi connectivity index (χ4n) is 2.44. The molecule has 1 fully saturated rings. The molecule has 0 saturated heterocycles. The average Bonchev–Trinajstić information content (AvgIpc) is 2.66. The summed E-state index contributed by atoms with van der Waals surface area (Å²) in [5.41, 5.74) is 5.32. The molecule has 0 spiro atoms. The maximum absolute atomic E-state index is 12.0. The molecular weight excluding hydrogens is 232 g/mol. The van der Waals surface area contributed by atoms with Crippen LogP contribution in [0.3, 0.4) is 0 Å². The first-order chi connectivity index (χ1) is 7.99. The Labute approximate surface area is 109 Å². The van der Waals surface area contributed by atoms with Gasteiger partial charge in [-0.2, -0.15) is 11.8 Å². The van der Waals surface area contributed by atoms with Crippen molar-refractivity contribution in [3.05, 3.63) is 0 Å². The van der Waals surface area contributed by atoms with Crippen LogP contribution in [0.25, 0.3) is 0 Å². The van der Waals surface area contributed by atoms with Crippen LogP contribution in [0.5, 0.6) is 0 Å². The van der Waals surface area contributed by atoms with E-state index in [1.54, 1.807) is 0 Å². The molecule has 17 heavy (non-hydrogen) atoms. The average molecular weight is 258 g/mol. The zero-order valence-electron chi connectivity index (χ0n) is 11.3. The van der Waals surface area contributed by atoms with Gasteiger partial charge in [-0.3, -0.25) is 4.79 Å². The number of hydrogen-bond acceptors (Lipinski definition) is 3. The van der Waals surface area contributed by atoms with Gasteiger partial charge in [-0.25, -0.2) is 0 Å². The summed E-state index contributed by atoms with van der Waals surface area (Å²) >= 11 is 2.00. The normalized spacial score (nSPS) is 27.8. The van der Waals surface area contributed by atoms with Crippen LogP contribution >= 0.6 is 11.8 Å². The van der Waals surface area contributed by atoms with Crippen molar-refractivity contribution in [1.29, 1.82) is 0 Å². The van der Waals surface area contributed by atoms with Crippen molar-refractivity contribution in [3.63, 3.8) is 0 Å². The second-order valence-electron chi connectivity index (χ2n) is 5.23. The monoisotopic (exact) mass is 258 g/mol. The Balaban J connectivity index is 2.37. The van der Waals surface area contributed by atoms with E-state index in [9.17, 15) is 4.79 Å². The number of nitrogens with two attached hydrogens (primary N) is 1. The molecule has 3 N–H and O–H groups in total. The Morgan fingerprint density at radius 2 is 2.18 bits per heavy atom. The van der Waals surface area contributed by atoms with Gasteiger partial charge in [-0.1, -0.05) is 20.3 Å². The molecule has 3 nitrogen and oxygen atoms in total. The SMILES string of the molecule is CCCC(C)(N)C(=O)NC1CCC(SCC)C1. The van der Waals surface area contributed by atoms with Gasteiger partial charge in [0.15, 0.2) is 0 Å². The third-order valence-electron chi connectivity index (χ3n) is 3.41. The molecule has 0 radical (unpaired) electrons. The second-order valence-corrected chi connectivity index (χ2v) is 6.81. The number of amides is 1. The molecule has 0 aromatic heterocycles. The molecule has 4 heteroatoms. The number of rotatable bonds is 6. The Morgan fingerprint density at radius 1 is 1.47 bits per heavy atom. The van der Waals surface area contributed by atoms with Crippen molar-refractivity contribution in [2.75, 3.05) is 5.75 Å². The van der Waals surface area contributed by atoms with E-state index >= 15 is 0 Å². The van der Waals surface area contributed by atoms with Gasteiger partial charge in [0.05, 0.1) is 5.54 Å². The largest absolute Gasteiger partial charge is 0.352 e. The van der Waals surface area contributed by atoms with Crippen LogP contribution in [0.1, 0.15) is 52.9 Å². The van der Waals surface area contributed by atoms with Crippen LogP contribution in [0.15, 0.2) is 0 Å². The van der Waals surface area contributed by atoms with Gasteiger partial charge in [-0.15, -0.1) is 0 Å². The summed E-state index contributed by atoms with van der Waals surface area (Å²) in [5, 5.41) is 3.84. The second kappa shape index (κ2) is 6.64. The highest BCUT2D eigenvalue weighted by Crippen LogP contribution is 2.29. The summed E-state index contributed by atoms with van der Waals surface area (Å²) < 4.78 is 0. The van der Waals surface area contributed by atoms with Crippen LogP contribution in [0.4, 0.5) is 0 Å². The van der Waals surface area contributed by atoms with E-state index in [4.69, 9.17) is 5.73 Å². The Kier molecular flexibility index (Phi) is 5.80. The lowest BCUT2D eigenvalue weighted by Gasteiger charge is -2.25. The van der Waals surface area contributed by atoms with E-state index in [1.807, 2.05) is 18.7 Å². The van der Waals surface area contributed by atoms with Crippen molar-refractivity contribution >= 4 is 17.7 Å². The quantitative estimate of drug-likeness (QED) is 0.768. The smallest absolute Gasteiger partial charge is 0.240 e. The van der Waals surface area contributed by atoms with Gasteiger partial charge in [0.2, 0.25) is 5.91 Å². The highest BCUT2D eigenvalue weighted by molar-refractivity contribution is 7.99. The molecule has 1 aliphatic rings. The fourth-order valence-corrected chi connectivity index (χ4v) is 3.58. The predicted octanol–water partition coefficient (Wildman–Crippen LogP) is 2.29. The molecule has 0 aromatic rings. The van der Waals surface area contributed by atoms with E-state index in [1.165, 1.54) is 6.42 Å². The molecule has 1 aliphatic carbocycles. The van der Waals surface area contributed by atoms with Crippen molar-refractivity contribution in [3.8, 4) is 0 Å². The van der Waals surface area contributed by atoms with Crippen LogP contribution in [0.2, 0.25) is 0 Å². The molecule has 1 saturated carbocycles. The summed E-state index contributed by atoms with van der Waals surface area (Å²) in [6, 6.07) is 0.339. The predicted molar refractivity (Wildman–Crippen MR) is 75.2 cm³/mol. The van der Waals surface area contributed by atoms with Gasteiger partial charge in [0, 0.05) is 11.3 Å². The van der Waals surface area contributed by atoms with Gasteiger partial charge in [0.25, 0.3) is 0 Å². The van der Waals surface area contributed by atoms with Crippen LogP contribution < -0.4 is 11.1 Å². The Bertz CT molecular complexity index is 256. The zero-order valence-corrected chi connectivity index (χ0v) is 12.1. The first-order valence-electron chi connectivity index (χ1n) is 6.71. The van der Waals surface area contributed by atoms with Gasteiger partial charge < -0.3 is 11.1 Å². The molecule has 0 aliphatic heterocycles. The summed E-state index contributed by atoms with van der Waals surface area (Å²) in [5.74, 6) is 1.18. The van der Waals surface area contributed by atoms with Crippen LogP contribution in [-0.4, -0.2) is 28.5 Å². The molecule has 0 bridgehead atoms. The molecule has 1 rings (SSSR count). The van der Waals surface area contributed by atoms with Gasteiger partial charge in [0.1, 0.15) is 0 Å². The summed E-state index contributed by atoms with van der Waals surface area (Å²) in [4.78, 5) is 12.0. The number of nitrogens with one attached hydrogen (secondary N) is 1. The molecule has 0 heterocycles. The third-order valence-corrected chi connectivity index (χ3v) is 4.64. The number of hydrogen-bond donors (Lipinski definition) is 2. The minimum Gasteiger partial charge on any atom is -0.352 e. The Hall–Kier alpha value is -0.220. The standard InChI is InChI=1S/C13H26N2OS/c1-4-8-13(3,14)12(16)15-10-6-7-11(9-10)17-5-2/h10-11H,4-9,14H2,1-3H3,(H,15,16). The van der Waals surface area contributed by atoms with E-state index in [2.05, 4.69) is 19.2 Å². The molecule has 0 aromatic carbocycles. The maximum atomic E-state index is 12.0. The number of thioether (sulfide) groups is 1. The first-order valence-corrected chi connectivity index (χ1v) is 7.76. The van der Waals surface area contributed by atoms with E-state index < -0.39 is 5.54 Å². The van der Waals surface area contributed by atoms with Crippen molar-refractivity contribution in [2.24, 2.45) is 5.73 Å². The van der Waals surface area contributed by atoms with Crippen molar-refractivity contribution in [1.82, 2.24) is 5.32 Å². The van der Waals surface area contributed by atoms with Crippen LogP contribution in [-0.2, 0) is 4.79 Å². The molecule has 3 unspecified atom stereocenters. The first kappa shape index (κ1) is 14.8. The van der Waals surface area contributed by atoms with Crippen LogP contribution in [0, 0.1) is 0 Å². The zero-order chi connectivity index (χ0) is 12.9. The highest BCUT2D eigenvalue weighted by atomic mass is 32.2. The highest BCUT2D eigenvalue weighted by Gasteiger charge is 2.32. The van der Waals surface area contributed by atoms with Gasteiger partial charge >= 0.3 is 0 Å². The molecule has 100 valence electrons. The summed E-state index contributed by atoms with van der Waals surface area (Å²) in [6.45, 7) is 6.08. The van der Waals surface area contributed by atoms with E-state index in [0.29, 0.717) is 6.04 Å². The summed E-state index contributed by atoms with van der Waals surface area (Å²) in [7, 11) is 0. The lowest BCUT2D eigenvalue weighted by atomic mass is 9.96. The molecule has 1 amide bonds. The van der Waals surface area contributed by atoms with E-state index in [0.717, 1.165) is 36.7 Å². The van der Waals surface area contributed by atoms with Gasteiger partial charge in [-0.05, 0) is 38.4 Å². The lowest BCUT2D eigenvalue weighted by molar-refractivity contribution is -0.126. The van der Waals surface area contributed by atoms with Crippen molar-refractivity contribution < 1.29 is 4.79 Å². The minimum absolute atomic E-state index is 0.0199. The maximum Gasteiger partial charge on any atom is 0.240 e. The number of carbonyl (C=O) groups is 1.